The highest BCUT2D eigenvalue weighted by Crippen LogP contribution is 1.82. The third kappa shape index (κ3) is 2.45. The number of likely N-dealkylation sites (N-methyl/N-ethyl adjacent to an activating group) is 1. The van der Waals surface area contributed by atoms with E-state index in [1.54, 1.807) is 6.92 Å². The summed E-state index contributed by atoms with van der Waals surface area (Å²) in [5.74, 6) is -2.73. The van der Waals surface area contributed by atoms with Gasteiger partial charge in [0.2, 0.25) is 6.04 Å². The number of carboxylic acids is 2. The first-order chi connectivity index (χ1) is 4.59. The first-order valence-corrected chi connectivity index (χ1v) is 2.78. The molecule has 5 nitrogen and oxygen atoms in total. The number of carbonyl (C=O) groups is 2. The maximum Gasteiger partial charge on any atom is 0.332 e. The van der Waals surface area contributed by atoms with E-state index in [4.69, 9.17) is 10.2 Å². The molecule has 0 unspecified atom stereocenters. The molecule has 0 aliphatic carbocycles. The van der Waals surface area contributed by atoms with Crippen molar-refractivity contribution < 1.29 is 19.8 Å². The largest absolute Gasteiger partial charge is 0.480 e. The zero-order valence-corrected chi connectivity index (χ0v) is 5.50. The molecule has 58 valence electrons. The Morgan fingerprint density at radius 3 is 1.90 bits per heavy atom. The minimum Gasteiger partial charge on any atom is -0.480 e. The first kappa shape index (κ1) is 8.90. The van der Waals surface area contributed by atoms with Gasteiger partial charge in [0.25, 0.3) is 0 Å². The lowest BCUT2D eigenvalue weighted by Crippen LogP contribution is -2.43. The monoisotopic (exact) mass is 147 g/mol. The fourth-order valence-corrected chi connectivity index (χ4v) is 0.484. The molecule has 0 aromatic heterocycles. The van der Waals surface area contributed by atoms with E-state index < -0.39 is 18.0 Å². The first-order valence-electron chi connectivity index (χ1n) is 2.78. The van der Waals surface area contributed by atoms with Gasteiger partial charge in [0, 0.05) is 0 Å². The molecule has 0 spiro atoms. The number of hydrogen-bond donors (Lipinski definition) is 3. The van der Waals surface area contributed by atoms with Crippen molar-refractivity contribution in [3.63, 3.8) is 0 Å². The van der Waals surface area contributed by atoms with Crippen molar-refractivity contribution in [3.8, 4) is 0 Å². The molecule has 0 bridgehead atoms. The van der Waals surface area contributed by atoms with E-state index in [1.807, 2.05) is 0 Å². The van der Waals surface area contributed by atoms with Crippen LogP contribution in [0.15, 0.2) is 0 Å². The molecule has 0 aliphatic rings. The van der Waals surface area contributed by atoms with E-state index >= 15 is 0 Å². The Kier molecular flexibility index (Phi) is 3.42. The van der Waals surface area contributed by atoms with Gasteiger partial charge in [-0.05, 0) is 6.54 Å². The zero-order valence-electron chi connectivity index (χ0n) is 5.50. The highest BCUT2D eigenvalue weighted by Gasteiger charge is 2.23. The van der Waals surface area contributed by atoms with Crippen LogP contribution in [0, 0.1) is 0 Å². The Morgan fingerprint density at radius 1 is 1.40 bits per heavy atom. The summed E-state index contributed by atoms with van der Waals surface area (Å²) >= 11 is 0. The SMILES string of the molecule is CCNC(C(=O)O)C(=O)O. The Morgan fingerprint density at radius 2 is 1.80 bits per heavy atom. The second-order valence-electron chi connectivity index (χ2n) is 1.67. The topological polar surface area (TPSA) is 86.6 Å². The van der Waals surface area contributed by atoms with E-state index in [0.29, 0.717) is 6.54 Å². The van der Waals surface area contributed by atoms with Gasteiger partial charge in [0.1, 0.15) is 0 Å². The summed E-state index contributed by atoms with van der Waals surface area (Å²) in [6, 6.07) is -1.48. The van der Waals surface area contributed by atoms with Crippen molar-refractivity contribution in [2.75, 3.05) is 6.54 Å². The molecule has 0 saturated carbocycles. The number of carboxylic acid groups (broad SMARTS) is 2. The lowest BCUT2D eigenvalue weighted by Gasteiger charge is -2.05. The van der Waals surface area contributed by atoms with Gasteiger partial charge < -0.3 is 10.2 Å². The van der Waals surface area contributed by atoms with E-state index in [-0.39, 0.29) is 0 Å². The van der Waals surface area contributed by atoms with Gasteiger partial charge in [-0.15, -0.1) is 0 Å². The highest BCUT2D eigenvalue weighted by molar-refractivity contribution is 5.97. The third-order valence-electron chi connectivity index (χ3n) is 0.902. The lowest BCUT2D eigenvalue weighted by atomic mass is 10.3. The summed E-state index contributed by atoms with van der Waals surface area (Å²) in [4.78, 5) is 20.2. The molecule has 0 aromatic carbocycles. The van der Waals surface area contributed by atoms with Crippen LogP contribution in [0.4, 0.5) is 0 Å². The fraction of sp³-hybridized carbons (Fsp3) is 0.600. The number of aliphatic carboxylic acids is 2. The van der Waals surface area contributed by atoms with Crippen molar-refractivity contribution in [1.29, 1.82) is 0 Å². The van der Waals surface area contributed by atoms with Crippen molar-refractivity contribution >= 4 is 11.9 Å². The molecular formula is C5H9NO4. The summed E-state index contributed by atoms with van der Waals surface area (Å²) in [5.41, 5.74) is 0. The van der Waals surface area contributed by atoms with Crippen LogP contribution in [-0.2, 0) is 9.59 Å². The van der Waals surface area contributed by atoms with Gasteiger partial charge in [0.05, 0.1) is 0 Å². The van der Waals surface area contributed by atoms with Crippen LogP contribution in [0.3, 0.4) is 0 Å². The second-order valence-corrected chi connectivity index (χ2v) is 1.67. The second kappa shape index (κ2) is 3.84. The summed E-state index contributed by atoms with van der Waals surface area (Å²) in [7, 11) is 0. The average molecular weight is 147 g/mol. The van der Waals surface area contributed by atoms with Gasteiger partial charge in [-0.1, -0.05) is 6.92 Å². The molecule has 0 radical (unpaired) electrons. The molecular weight excluding hydrogens is 138 g/mol. The predicted octanol–water partition coefficient (Wildman–Crippen LogP) is -0.866. The summed E-state index contributed by atoms with van der Waals surface area (Å²) in [6.07, 6.45) is 0. The summed E-state index contributed by atoms with van der Waals surface area (Å²) in [5, 5.41) is 18.7. The van der Waals surface area contributed by atoms with Crippen LogP contribution < -0.4 is 5.32 Å². The molecule has 0 amide bonds. The Bertz CT molecular complexity index is 131. The van der Waals surface area contributed by atoms with Gasteiger partial charge in [-0.2, -0.15) is 0 Å². The predicted molar refractivity (Wildman–Crippen MR) is 32.7 cm³/mol. The average Bonchev–Trinajstić information content (AvgIpc) is 1.81. The number of rotatable bonds is 4. The van der Waals surface area contributed by atoms with Crippen LogP contribution in [-0.4, -0.2) is 34.7 Å². The quantitative estimate of drug-likeness (QED) is 0.450. The summed E-state index contributed by atoms with van der Waals surface area (Å²) in [6.45, 7) is 1.96. The van der Waals surface area contributed by atoms with Crippen molar-refractivity contribution in [3.05, 3.63) is 0 Å². The molecule has 10 heavy (non-hydrogen) atoms. The van der Waals surface area contributed by atoms with Gasteiger partial charge in [-0.3, -0.25) is 5.32 Å². The number of nitrogens with one attached hydrogen (secondary N) is 1. The molecule has 3 N–H and O–H groups in total. The minimum absolute atomic E-state index is 0.323. The molecule has 0 saturated heterocycles. The standard InChI is InChI=1S/C5H9NO4/c1-2-6-3(4(7)8)5(9)10/h3,6H,2H2,1H3,(H,7,8)(H,9,10). The molecule has 5 heteroatoms. The number of hydrogen-bond acceptors (Lipinski definition) is 3. The Hall–Kier alpha value is -1.10. The Balaban J connectivity index is 3.98. The maximum atomic E-state index is 10.1. The van der Waals surface area contributed by atoms with E-state index in [1.165, 1.54) is 0 Å². The molecule has 0 heterocycles. The third-order valence-corrected chi connectivity index (χ3v) is 0.902. The zero-order chi connectivity index (χ0) is 8.15. The molecule has 0 rings (SSSR count). The fourth-order valence-electron chi connectivity index (χ4n) is 0.484. The van der Waals surface area contributed by atoms with E-state index in [9.17, 15) is 9.59 Å². The van der Waals surface area contributed by atoms with Crippen LogP contribution in [0.5, 0.6) is 0 Å². The normalized spacial score (nSPS) is 9.80. The van der Waals surface area contributed by atoms with Crippen molar-refractivity contribution in [2.24, 2.45) is 0 Å². The maximum absolute atomic E-state index is 10.1. The van der Waals surface area contributed by atoms with Gasteiger partial charge >= 0.3 is 11.9 Å². The van der Waals surface area contributed by atoms with E-state index in [0.717, 1.165) is 0 Å². The molecule has 0 fully saturated rings. The van der Waals surface area contributed by atoms with Gasteiger partial charge in [0.15, 0.2) is 0 Å². The summed E-state index contributed by atoms with van der Waals surface area (Å²) < 4.78 is 0. The van der Waals surface area contributed by atoms with Crippen LogP contribution in [0.25, 0.3) is 0 Å². The lowest BCUT2D eigenvalue weighted by molar-refractivity contribution is -0.150. The van der Waals surface area contributed by atoms with Crippen molar-refractivity contribution in [1.82, 2.24) is 5.32 Å². The Labute approximate surface area is 57.7 Å². The minimum atomic E-state index is -1.48. The van der Waals surface area contributed by atoms with Gasteiger partial charge in [-0.25, -0.2) is 9.59 Å². The van der Waals surface area contributed by atoms with E-state index in [2.05, 4.69) is 5.32 Å². The molecule has 0 atom stereocenters. The van der Waals surface area contributed by atoms with Crippen LogP contribution >= 0.6 is 0 Å². The highest BCUT2D eigenvalue weighted by atomic mass is 16.4. The molecule has 0 aliphatic heterocycles. The van der Waals surface area contributed by atoms with Crippen molar-refractivity contribution in [2.45, 2.75) is 13.0 Å². The smallest absolute Gasteiger partial charge is 0.332 e. The van der Waals surface area contributed by atoms with Crippen LogP contribution in [0.1, 0.15) is 6.92 Å². The molecule has 0 aromatic rings. The van der Waals surface area contributed by atoms with Crippen LogP contribution in [0.2, 0.25) is 0 Å².